The van der Waals surface area contributed by atoms with Gasteiger partial charge in [0.2, 0.25) is 5.91 Å². The van der Waals surface area contributed by atoms with Crippen LogP contribution in [0.2, 0.25) is 0 Å². The number of rotatable bonds is 7. The second kappa shape index (κ2) is 8.18. The quantitative estimate of drug-likeness (QED) is 0.840. The van der Waals surface area contributed by atoms with Gasteiger partial charge in [-0.15, -0.1) is 0 Å². The van der Waals surface area contributed by atoms with Gasteiger partial charge in [-0.2, -0.15) is 0 Å². The molecule has 0 bridgehead atoms. The molecule has 0 saturated heterocycles. The van der Waals surface area contributed by atoms with Gasteiger partial charge in [-0.05, 0) is 37.1 Å². The molecular weight excluding hydrogens is 286 g/mol. The summed E-state index contributed by atoms with van der Waals surface area (Å²) in [5, 5.41) is 2.91. The maximum Gasteiger partial charge on any atom is 0.224 e. The van der Waals surface area contributed by atoms with Crippen LogP contribution in [0.15, 0.2) is 55.1 Å². The van der Waals surface area contributed by atoms with E-state index in [1.54, 1.807) is 6.08 Å². The summed E-state index contributed by atoms with van der Waals surface area (Å²) in [6.07, 6.45) is 2.06. The first-order chi connectivity index (χ1) is 11.1. The molecule has 0 aliphatic carbocycles. The zero-order valence-corrected chi connectivity index (χ0v) is 13.7. The van der Waals surface area contributed by atoms with Gasteiger partial charge in [-0.25, -0.2) is 0 Å². The molecule has 0 saturated carbocycles. The lowest BCUT2D eigenvalue weighted by Gasteiger charge is -2.14. The van der Waals surface area contributed by atoms with Crippen LogP contribution in [0, 0.1) is 0 Å². The molecule has 0 radical (unpaired) electrons. The summed E-state index contributed by atoms with van der Waals surface area (Å²) in [4.78, 5) is 12.1. The van der Waals surface area contributed by atoms with Gasteiger partial charge in [-0.3, -0.25) is 4.79 Å². The molecule has 120 valence electrons. The van der Waals surface area contributed by atoms with Gasteiger partial charge >= 0.3 is 0 Å². The van der Waals surface area contributed by atoms with E-state index in [4.69, 9.17) is 4.74 Å². The maximum atomic E-state index is 12.1. The Labute approximate surface area is 138 Å². The minimum atomic E-state index is -0.00854. The molecule has 2 aromatic rings. The van der Waals surface area contributed by atoms with Crippen molar-refractivity contribution in [1.29, 1.82) is 0 Å². The fourth-order valence-electron chi connectivity index (χ4n) is 2.29. The van der Waals surface area contributed by atoms with Gasteiger partial charge in [0.15, 0.2) is 0 Å². The van der Waals surface area contributed by atoms with Crippen LogP contribution in [0.4, 0.5) is 0 Å². The van der Waals surface area contributed by atoms with Crippen LogP contribution in [-0.4, -0.2) is 11.9 Å². The Morgan fingerprint density at radius 3 is 2.61 bits per heavy atom. The highest BCUT2D eigenvalue weighted by Gasteiger charge is 2.11. The molecule has 2 aromatic carbocycles. The fraction of sp³-hybridized carbons (Fsp3) is 0.250. The molecule has 3 nitrogen and oxygen atoms in total. The average Bonchev–Trinajstić information content (AvgIpc) is 2.53. The number of amides is 1. The molecule has 3 heteroatoms. The summed E-state index contributed by atoms with van der Waals surface area (Å²) in [5.74, 6) is 0.726. The lowest BCUT2D eigenvalue weighted by atomic mass is 10.1. The second-order valence-electron chi connectivity index (χ2n) is 5.74. The summed E-state index contributed by atoms with van der Waals surface area (Å²) < 4.78 is 5.91. The third kappa shape index (κ3) is 5.29. The van der Waals surface area contributed by atoms with Crippen LogP contribution in [-0.2, 0) is 17.8 Å². The third-order valence-electron chi connectivity index (χ3n) is 3.36. The van der Waals surface area contributed by atoms with Crippen LogP contribution < -0.4 is 10.1 Å². The first kappa shape index (κ1) is 16.8. The van der Waals surface area contributed by atoms with Crippen molar-refractivity contribution < 1.29 is 9.53 Å². The SMILES string of the molecule is C=Cc1ccc(OCc2ccccc2)c(CC(=O)NC(C)C)c1. The molecule has 0 heterocycles. The summed E-state index contributed by atoms with van der Waals surface area (Å²) in [5.41, 5.74) is 2.94. The van der Waals surface area contributed by atoms with Crippen LogP contribution in [0.1, 0.15) is 30.5 Å². The predicted octanol–water partition coefficient (Wildman–Crippen LogP) is 3.98. The van der Waals surface area contributed by atoms with Gasteiger partial charge in [0, 0.05) is 11.6 Å². The number of carbonyl (C=O) groups is 1. The fourth-order valence-corrected chi connectivity index (χ4v) is 2.29. The molecule has 1 N–H and O–H groups in total. The van der Waals surface area contributed by atoms with Gasteiger partial charge in [0.1, 0.15) is 12.4 Å². The summed E-state index contributed by atoms with van der Waals surface area (Å²) >= 11 is 0. The van der Waals surface area contributed by atoms with Crippen molar-refractivity contribution in [3.63, 3.8) is 0 Å². The van der Waals surface area contributed by atoms with Crippen LogP contribution in [0.5, 0.6) is 5.75 Å². The number of hydrogen-bond donors (Lipinski definition) is 1. The van der Waals surface area contributed by atoms with Gasteiger partial charge in [0.05, 0.1) is 6.42 Å². The molecule has 1 amide bonds. The number of benzene rings is 2. The Kier molecular flexibility index (Phi) is 5.98. The summed E-state index contributed by atoms with van der Waals surface area (Å²) in [6.45, 7) is 8.16. The lowest BCUT2D eigenvalue weighted by molar-refractivity contribution is -0.120. The summed E-state index contributed by atoms with van der Waals surface area (Å²) in [7, 11) is 0. The molecule has 0 atom stereocenters. The maximum absolute atomic E-state index is 12.1. The van der Waals surface area contributed by atoms with E-state index in [1.165, 1.54) is 0 Å². The van der Waals surface area contributed by atoms with E-state index in [1.807, 2.05) is 62.4 Å². The minimum absolute atomic E-state index is 0.00854. The standard InChI is InChI=1S/C20H23NO2/c1-4-16-10-11-19(23-14-17-8-6-5-7-9-17)18(12-16)13-20(22)21-15(2)3/h4-12,15H,1,13-14H2,2-3H3,(H,21,22). The van der Waals surface area contributed by atoms with E-state index in [0.717, 1.165) is 22.4 Å². The molecule has 23 heavy (non-hydrogen) atoms. The molecule has 0 unspecified atom stereocenters. The molecule has 0 aliphatic rings. The molecule has 2 rings (SSSR count). The zero-order chi connectivity index (χ0) is 16.7. The van der Waals surface area contributed by atoms with E-state index in [2.05, 4.69) is 11.9 Å². The highest BCUT2D eigenvalue weighted by atomic mass is 16.5. The Hall–Kier alpha value is -2.55. The van der Waals surface area contributed by atoms with Gasteiger partial charge in [-0.1, -0.05) is 49.1 Å². The topological polar surface area (TPSA) is 38.3 Å². The Morgan fingerprint density at radius 1 is 1.22 bits per heavy atom. The van der Waals surface area contributed by atoms with Crippen molar-refractivity contribution in [2.45, 2.75) is 32.9 Å². The largest absolute Gasteiger partial charge is 0.489 e. The number of hydrogen-bond acceptors (Lipinski definition) is 2. The van der Waals surface area contributed by atoms with Crippen LogP contribution in [0.3, 0.4) is 0 Å². The normalized spacial score (nSPS) is 10.4. The highest BCUT2D eigenvalue weighted by molar-refractivity contribution is 5.79. The third-order valence-corrected chi connectivity index (χ3v) is 3.36. The Balaban J connectivity index is 2.14. The Morgan fingerprint density at radius 2 is 1.96 bits per heavy atom. The number of nitrogens with one attached hydrogen (secondary N) is 1. The van der Waals surface area contributed by atoms with Crippen molar-refractivity contribution in [2.75, 3.05) is 0 Å². The first-order valence-electron chi connectivity index (χ1n) is 7.80. The minimum Gasteiger partial charge on any atom is -0.489 e. The zero-order valence-electron chi connectivity index (χ0n) is 13.7. The van der Waals surface area contributed by atoms with Crippen molar-refractivity contribution >= 4 is 12.0 Å². The molecule has 0 spiro atoms. The molecular formula is C20H23NO2. The molecule has 0 aliphatic heterocycles. The van der Waals surface area contributed by atoms with Crippen molar-refractivity contribution in [3.05, 3.63) is 71.8 Å². The van der Waals surface area contributed by atoms with E-state index < -0.39 is 0 Å². The number of carbonyl (C=O) groups excluding carboxylic acids is 1. The van der Waals surface area contributed by atoms with E-state index >= 15 is 0 Å². The highest BCUT2D eigenvalue weighted by Crippen LogP contribution is 2.23. The van der Waals surface area contributed by atoms with Crippen molar-refractivity contribution in [1.82, 2.24) is 5.32 Å². The van der Waals surface area contributed by atoms with E-state index in [9.17, 15) is 4.79 Å². The Bertz CT molecular complexity index is 663. The van der Waals surface area contributed by atoms with Crippen molar-refractivity contribution in [3.8, 4) is 5.75 Å². The molecule has 0 aromatic heterocycles. The smallest absolute Gasteiger partial charge is 0.224 e. The second-order valence-corrected chi connectivity index (χ2v) is 5.74. The van der Waals surface area contributed by atoms with E-state index in [-0.39, 0.29) is 11.9 Å². The first-order valence-corrected chi connectivity index (χ1v) is 7.80. The number of ether oxygens (including phenoxy) is 1. The lowest BCUT2D eigenvalue weighted by Crippen LogP contribution is -2.31. The molecule has 0 fully saturated rings. The predicted molar refractivity (Wildman–Crippen MR) is 94.3 cm³/mol. The van der Waals surface area contributed by atoms with E-state index in [0.29, 0.717) is 13.0 Å². The van der Waals surface area contributed by atoms with Crippen LogP contribution >= 0.6 is 0 Å². The monoisotopic (exact) mass is 309 g/mol. The van der Waals surface area contributed by atoms with Crippen LogP contribution in [0.25, 0.3) is 6.08 Å². The average molecular weight is 309 g/mol. The van der Waals surface area contributed by atoms with Crippen molar-refractivity contribution in [2.24, 2.45) is 0 Å². The van der Waals surface area contributed by atoms with Gasteiger partial charge < -0.3 is 10.1 Å². The summed E-state index contributed by atoms with van der Waals surface area (Å²) in [6, 6.07) is 15.9. The van der Waals surface area contributed by atoms with Gasteiger partial charge in [0.25, 0.3) is 0 Å².